The number of nitrogens with one attached hydrogen (secondary N) is 1. The van der Waals surface area contributed by atoms with Crippen molar-refractivity contribution in [3.05, 3.63) is 30.1 Å². The van der Waals surface area contributed by atoms with Gasteiger partial charge in [0.15, 0.2) is 0 Å². The molecular formula is C12H16N2O3. The van der Waals surface area contributed by atoms with Gasteiger partial charge in [-0.15, -0.1) is 0 Å². The van der Waals surface area contributed by atoms with Gasteiger partial charge in [0.2, 0.25) is 6.41 Å². The minimum atomic E-state index is -0.672. The third-order valence-electron chi connectivity index (χ3n) is 2.14. The van der Waals surface area contributed by atoms with Crippen LogP contribution in [-0.4, -0.2) is 30.0 Å². The monoisotopic (exact) mass is 236 g/mol. The number of nitrogens with zero attached hydrogens (tertiary/aromatic N) is 1. The van der Waals surface area contributed by atoms with Gasteiger partial charge < -0.3 is 10.1 Å². The molecule has 5 heteroatoms. The lowest BCUT2D eigenvalue weighted by atomic mass is 10.1. The van der Waals surface area contributed by atoms with Gasteiger partial charge in [0.25, 0.3) is 0 Å². The van der Waals surface area contributed by atoms with Crippen LogP contribution in [0.4, 0.5) is 0 Å². The van der Waals surface area contributed by atoms with E-state index in [2.05, 4.69) is 10.3 Å². The van der Waals surface area contributed by atoms with E-state index in [1.54, 1.807) is 18.3 Å². The first-order valence-electron chi connectivity index (χ1n) is 5.54. The number of hydrogen-bond donors (Lipinski definition) is 1. The Morgan fingerprint density at radius 3 is 3.00 bits per heavy atom. The summed E-state index contributed by atoms with van der Waals surface area (Å²) >= 11 is 0. The molecule has 0 saturated carbocycles. The number of ether oxygens (including phenoxy) is 1. The molecular weight excluding hydrogens is 220 g/mol. The fourth-order valence-electron chi connectivity index (χ4n) is 1.32. The third-order valence-corrected chi connectivity index (χ3v) is 2.14. The molecule has 0 aliphatic heterocycles. The van der Waals surface area contributed by atoms with E-state index < -0.39 is 12.0 Å². The molecule has 1 amide bonds. The van der Waals surface area contributed by atoms with Crippen LogP contribution >= 0.6 is 0 Å². The zero-order valence-electron chi connectivity index (χ0n) is 9.76. The van der Waals surface area contributed by atoms with Gasteiger partial charge >= 0.3 is 5.97 Å². The number of carbonyl (C=O) groups is 2. The molecule has 0 aromatic carbocycles. The molecule has 1 aromatic rings. The Morgan fingerprint density at radius 2 is 2.41 bits per heavy atom. The van der Waals surface area contributed by atoms with E-state index in [0.29, 0.717) is 19.4 Å². The van der Waals surface area contributed by atoms with Crippen molar-refractivity contribution in [3.8, 4) is 0 Å². The number of carbonyl (C=O) groups excluding carboxylic acids is 2. The first-order valence-corrected chi connectivity index (χ1v) is 5.54. The van der Waals surface area contributed by atoms with E-state index in [0.717, 1.165) is 12.1 Å². The highest BCUT2D eigenvalue weighted by Gasteiger charge is 2.19. The van der Waals surface area contributed by atoms with Crippen molar-refractivity contribution in [2.45, 2.75) is 25.8 Å². The average Bonchev–Trinajstić information content (AvgIpc) is 2.36. The Morgan fingerprint density at radius 1 is 1.59 bits per heavy atom. The molecule has 0 bridgehead atoms. The van der Waals surface area contributed by atoms with Gasteiger partial charge in [-0.1, -0.05) is 13.0 Å². The van der Waals surface area contributed by atoms with Gasteiger partial charge in [-0.3, -0.25) is 9.78 Å². The predicted molar refractivity (Wildman–Crippen MR) is 62.2 cm³/mol. The number of aromatic nitrogens is 1. The summed E-state index contributed by atoms with van der Waals surface area (Å²) in [6.45, 7) is 2.27. The van der Waals surface area contributed by atoms with E-state index >= 15 is 0 Å². The Labute approximate surface area is 100 Å². The minimum absolute atomic E-state index is 0.335. The van der Waals surface area contributed by atoms with Crippen molar-refractivity contribution in [3.63, 3.8) is 0 Å². The molecule has 0 aliphatic carbocycles. The molecule has 0 fully saturated rings. The minimum Gasteiger partial charge on any atom is -0.464 e. The molecule has 0 spiro atoms. The molecule has 17 heavy (non-hydrogen) atoms. The van der Waals surface area contributed by atoms with Crippen LogP contribution in [0.3, 0.4) is 0 Å². The molecule has 1 atom stereocenters. The second-order valence-corrected chi connectivity index (χ2v) is 3.53. The van der Waals surface area contributed by atoms with Crippen LogP contribution in [-0.2, 0) is 20.7 Å². The van der Waals surface area contributed by atoms with E-state index in [4.69, 9.17) is 4.74 Å². The van der Waals surface area contributed by atoms with Crippen LogP contribution in [0, 0.1) is 0 Å². The Kier molecular flexibility index (Phi) is 5.71. The lowest BCUT2D eigenvalue weighted by Crippen LogP contribution is -2.39. The molecule has 92 valence electrons. The average molecular weight is 236 g/mol. The van der Waals surface area contributed by atoms with Crippen molar-refractivity contribution in [1.29, 1.82) is 0 Å². The SMILES string of the molecule is CCCOC(=O)[C@H](Cc1ccccn1)NC=O. The van der Waals surface area contributed by atoms with E-state index in [1.165, 1.54) is 0 Å². The molecule has 0 unspecified atom stereocenters. The summed E-state index contributed by atoms with van der Waals surface area (Å²) in [4.78, 5) is 26.2. The largest absolute Gasteiger partial charge is 0.464 e. The van der Waals surface area contributed by atoms with E-state index in [1.807, 2.05) is 13.0 Å². The number of rotatable bonds is 7. The summed E-state index contributed by atoms with van der Waals surface area (Å²) in [5.74, 6) is -0.426. The van der Waals surface area contributed by atoms with Crippen LogP contribution in [0.5, 0.6) is 0 Å². The maximum atomic E-state index is 11.6. The summed E-state index contributed by atoms with van der Waals surface area (Å²) in [7, 11) is 0. The molecule has 1 heterocycles. The van der Waals surface area contributed by atoms with Crippen molar-refractivity contribution in [2.75, 3.05) is 6.61 Å². The molecule has 1 N–H and O–H groups in total. The van der Waals surface area contributed by atoms with E-state index in [-0.39, 0.29) is 0 Å². The maximum Gasteiger partial charge on any atom is 0.329 e. The van der Waals surface area contributed by atoms with Gasteiger partial charge in [-0.05, 0) is 18.6 Å². The zero-order chi connectivity index (χ0) is 12.5. The second-order valence-electron chi connectivity index (χ2n) is 3.53. The first kappa shape index (κ1) is 13.2. The summed E-state index contributed by atoms with van der Waals surface area (Å²) in [6.07, 6.45) is 3.23. The molecule has 0 radical (unpaired) electrons. The number of amides is 1. The maximum absolute atomic E-state index is 11.6. The molecule has 1 aromatic heterocycles. The van der Waals surface area contributed by atoms with Crippen molar-refractivity contribution in [2.24, 2.45) is 0 Å². The summed E-state index contributed by atoms with van der Waals surface area (Å²) in [5, 5.41) is 2.44. The predicted octanol–water partition coefficient (Wildman–Crippen LogP) is 0.692. The van der Waals surface area contributed by atoms with Gasteiger partial charge in [-0.25, -0.2) is 4.79 Å². The van der Waals surface area contributed by atoms with Crippen molar-refractivity contribution >= 4 is 12.4 Å². The Hall–Kier alpha value is -1.91. The number of hydrogen-bond acceptors (Lipinski definition) is 4. The molecule has 0 saturated heterocycles. The fraction of sp³-hybridized carbons (Fsp3) is 0.417. The van der Waals surface area contributed by atoms with Gasteiger partial charge in [0, 0.05) is 18.3 Å². The van der Waals surface area contributed by atoms with Crippen LogP contribution in [0.25, 0.3) is 0 Å². The fourth-order valence-corrected chi connectivity index (χ4v) is 1.32. The Bertz CT molecular complexity index is 354. The quantitative estimate of drug-likeness (QED) is 0.558. The van der Waals surface area contributed by atoms with Crippen LogP contribution in [0.2, 0.25) is 0 Å². The highest BCUT2D eigenvalue weighted by atomic mass is 16.5. The van der Waals surface area contributed by atoms with Crippen LogP contribution in [0.1, 0.15) is 19.0 Å². The number of pyridine rings is 1. The van der Waals surface area contributed by atoms with Crippen LogP contribution < -0.4 is 5.32 Å². The van der Waals surface area contributed by atoms with Gasteiger partial charge in [0.1, 0.15) is 6.04 Å². The summed E-state index contributed by atoms with van der Waals surface area (Å²) in [5.41, 5.74) is 0.736. The normalized spacial score (nSPS) is 11.6. The summed E-state index contributed by atoms with van der Waals surface area (Å²) in [6, 6.07) is 4.75. The standard InChI is InChI=1S/C12H16N2O3/c1-2-7-17-12(16)11(14-9-15)8-10-5-3-4-6-13-10/h3-6,9,11H,2,7-8H2,1H3,(H,14,15)/t11-/m0/s1. The van der Waals surface area contributed by atoms with Crippen LogP contribution in [0.15, 0.2) is 24.4 Å². The number of esters is 1. The second kappa shape index (κ2) is 7.38. The molecule has 5 nitrogen and oxygen atoms in total. The Balaban J connectivity index is 2.59. The topological polar surface area (TPSA) is 68.3 Å². The first-order chi connectivity index (χ1) is 8.27. The lowest BCUT2D eigenvalue weighted by Gasteiger charge is -2.14. The highest BCUT2D eigenvalue weighted by Crippen LogP contribution is 2.01. The zero-order valence-corrected chi connectivity index (χ0v) is 9.76. The van der Waals surface area contributed by atoms with Gasteiger partial charge in [-0.2, -0.15) is 0 Å². The summed E-state index contributed by atoms with van der Waals surface area (Å²) < 4.78 is 4.99. The van der Waals surface area contributed by atoms with Gasteiger partial charge in [0.05, 0.1) is 6.61 Å². The smallest absolute Gasteiger partial charge is 0.329 e. The highest BCUT2D eigenvalue weighted by molar-refractivity contribution is 5.78. The van der Waals surface area contributed by atoms with Crippen molar-refractivity contribution < 1.29 is 14.3 Å². The third kappa shape index (κ3) is 4.63. The molecule has 1 rings (SSSR count). The molecule has 0 aliphatic rings. The van der Waals surface area contributed by atoms with Crippen molar-refractivity contribution in [1.82, 2.24) is 10.3 Å². The lowest BCUT2D eigenvalue weighted by molar-refractivity contribution is -0.147. The van der Waals surface area contributed by atoms with E-state index in [9.17, 15) is 9.59 Å².